The summed E-state index contributed by atoms with van der Waals surface area (Å²) in [5.41, 5.74) is 2.58. The first-order valence-electron chi connectivity index (χ1n) is 9.97. The van der Waals surface area contributed by atoms with Crippen LogP contribution in [0.3, 0.4) is 0 Å². The number of rotatable bonds is 8. The Kier molecular flexibility index (Phi) is 6.73. The van der Waals surface area contributed by atoms with Crippen LogP contribution in [0, 0.1) is 0 Å². The predicted octanol–water partition coefficient (Wildman–Crippen LogP) is 3.60. The Balaban J connectivity index is 1.18. The number of piperazine rings is 1. The molecule has 0 bridgehead atoms. The highest BCUT2D eigenvalue weighted by atomic mass is 32.1. The van der Waals surface area contributed by atoms with Gasteiger partial charge in [-0.2, -0.15) is 0 Å². The molecular weight excluding hydrogens is 368 g/mol. The van der Waals surface area contributed by atoms with Crippen molar-refractivity contribution in [2.75, 3.05) is 39.3 Å². The second-order valence-corrected chi connectivity index (χ2v) is 8.40. The van der Waals surface area contributed by atoms with Crippen molar-refractivity contribution in [2.24, 2.45) is 0 Å². The van der Waals surface area contributed by atoms with Crippen molar-refractivity contribution < 1.29 is 9.84 Å². The highest BCUT2D eigenvalue weighted by Crippen LogP contribution is 2.26. The molecule has 0 unspecified atom stereocenters. The van der Waals surface area contributed by atoms with Gasteiger partial charge in [0.2, 0.25) is 0 Å². The second-order valence-electron chi connectivity index (χ2n) is 7.49. The number of hydrogen-bond acceptors (Lipinski definition) is 5. The summed E-state index contributed by atoms with van der Waals surface area (Å²) in [5.74, 6) is 0. The number of ether oxygens (including phenoxy) is 1. The molecule has 1 atom stereocenters. The molecular formula is C23H28N2O2S. The third-order valence-corrected chi connectivity index (χ3v) is 6.32. The number of hydrogen-bond donors (Lipinski definition) is 1. The Hall–Kier alpha value is -1.76. The molecule has 0 saturated carbocycles. The van der Waals surface area contributed by atoms with Crippen LogP contribution in [0.15, 0.2) is 60.0 Å². The number of nitrogens with zero attached hydrogens (tertiary/aromatic N) is 2. The molecule has 5 heteroatoms. The van der Waals surface area contributed by atoms with E-state index in [2.05, 4.69) is 39.4 Å². The number of aliphatic hydroxyl groups excluding tert-OH is 1. The topological polar surface area (TPSA) is 35.9 Å². The van der Waals surface area contributed by atoms with Crippen molar-refractivity contribution >= 4 is 21.4 Å². The van der Waals surface area contributed by atoms with E-state index in [4.69, 9.17) is 4.74 Å². The molecule has 28 heavy (non-hydrogen) atoms. The fourth-order valence-corrected chi connectivity index (χ4v) is 4.72. The van der Waals surface area contributed by atoms with Gasteiger partial charge in [-0.15, -0.1) is 11.3 Å². The van der Waals surface area contributed by atoms with Crippen LogP contribution in [0.4, 0.5) is 0 Å². The molecule has 4 rings (SSSR count). The van der Waals surface area contributed by atoms with Gasteiger partial charge in [-0.1, -0.05) is 48.5 Å². The lowest BCUT2D eigenvalue weighted by Crippen LogP contribution is -2.48. The summed E-state index contributed by atoms with van der Waals surface area (Å²) in [6, 6.07) is 18.8. The monoisotopic (exact) mass is 396 g/mol. The molecule has 1 aliphatic heterocycles. The minimum atomic E-state index is -0.434. The number of aliphatic hydroxyl groups is 1. The Labute approximate surface area is 171 Å². The normalized spacial score (nSPS) is 17.2. The van der Waals surface area contributed by atoms with Crippen LogP contribution in [-0.2, 0) is 17.9 Å². The number of β-amino-alcohol motifs (C(OH)–C–C–N with tert-alkyl or cyclic N) is 1. The molecule has 3 aromatic rings. The lowest BCUT2D eigenvalue weighted by molar-refractivity contribution is 0.000910. The number of fused-ring (bicyclic) bond motifs is 1. The van der Waals surface area contributed by atoms with Crippen molar-refractivity contribution in [1.82, 2.24) is 9.80 Å². The van der Waals surface area contributed by atoms with Gasteiger partial charge in [0.05, 0.1) is 19.3 Å². The zero-order valence-electron chi connectivity index (χ0n) is 16.2. The maximum absolute atomic E-state index is 10.3. The summed E-state index contributed by atoms with van der Waals surface area (Å²) in [5, 5.41) is 14.0. The standard InChI is InChI=1S/C23H28N2O2S/c26-21(17-27-16-19-6-2-1-3-7-19)15-25-12-10-24(11-13-25)14-20-18-28-23-9-5-4-8-22(20)23/h1-9,18,21,26H,10-17H2/t21-/m1/s1. The molecule has 1 aromatic heterocycles. The number of thiophene rings is 1. The third kappa shape index (κ3) is 5.19. The lowest BCUT2D eigenvalue weighted by Gasteiger charge is -2.35. The smallest absolute Gasteiger partial charge is 0.0900 e. The molecule has 1 aliphatic rings. The molecule has 1 fully saturated rings. The predicted molar refractivity (Wildman–Crippen MR) is 116 cm³/mol. The molecule has 0 spiro atoms. The third-order valence-electron chi connectivity index (χ3n) is 5.31. The average molecular weight is 397 g/mol. The SMILES string of the molecule is O[C@@H](COCc1ccccc1)CN1CCN(Cc2csc3ccccc23)CC1. The minimum Gasteiger partial charge on any atom is -0.389 e. The van der Waals surface area contributed by atoms with Crippen LogP contribution in [0.1, 0.15) is 11.1 Å². The average Bonchev–Trinajstić information content (AvgIpc) is 3.13. The van der Waals surface area contributed by atoms with Crippen molar-refractivity contribution in [1.29, 1.82) is 0 Å². The van der Waals surface area contributed by atoms with Gasteiger partial charge in [-0.25, -0.2) is 0 Å². The first-order valence-corrected chi connectivity index (χ1v) is 10.9. The zero-order chi connectivity index (χ0) is 19.2. The van der Waals surface area contributed by atoms with Crippen molar-refractivity contribution in [3.63, 3.8) is 0 Å². The Morgan fingerprint density at radius 3 is 2.46 bits per heavy atom. The van der Waals surface area contributed by atoms with Gasteiger partial charge in [0.1, 0.15) is 0 Å². The van der Waals surface area contributed by atoms with Crippen LogP contribution in [-0.4, -0.2) is 60.3 Å². The molecule has 1 N–H and O–H groups in total. The van der Waals surface area contributed by atoms with Gasteiger partial charge in [0.15, 0.2) is 0 Å². The largest absolute Gasteiger partial charge is 0.389 e. The molecule has 2 heterocycles. The van der Waals surface area contributed by atoms with Gasteiger partial charge < -0.3 is 9.84 Å². The van der Waals surface area contributed by atoms with E-state index in [0.29, 0.717) is 19.8 Å². The van der Waals surface area contributed by atoms with Gasteiger partial charge in [-0.3, -0.25) is 9.80 Å². The summed E-state index contributed by atoms with van der Waals surface area (Å²) < 4.78 is 7.04. The second kappa shape index (κ2) is 9.63. The van der Waals surface area contributed by atoms with Crippen LogP contribution >= 0.6 is 11.3 Å². The van der Waals surface area contributed by atoms with E-state index in [1.807, 2.05) is 41.7 Å². The highest BCUT2D eigenvalue weighted by Gasteiger charge is 2.20. The lowest BCUT2D eigenvalue weighted by atomic mass is 10.1. The Bertz CT molecular complexity index is 859. The summed E-state index contributed by atoms with van der Waals surface area (Å²) in [6.45, 7) is 6.72. The maximum Gasteiger partial charge on any atom is 0.0900 e. The Morgan fingerprint density at radius 2 is 1.64 bits per heavy atom. The van der Waals surface area contributed by atoms with E-state index < -0.39 is 6.10 Å². The van der Waals surface area contributed by atoms with E-state index in [1.54, 1.807) is 0 Å². The van der Waals surface area contributed by atoms with Gasteiger partial charge in [-0.05, 0) is 28.0 Å². The molecule has 4 nitrogen and oxygen atoms in total. The molecule has 1 saturated heterocycles. The first kappa shape index (κ1) is 19.6. The van der Waals surface area contributed by atoms with E-state index in [0.717, 1.165) is 38.3 Å². The van der Waals surface area contributed by atoms with E-state index in [9.17, 15) is 5.11 Å². The number of benzene rings is 2. The van der Waals surface area contributed by atoms with Gasteiger partial charge in [0, 0.05) is 44.0 Å². The Morgan fingerprint density at radius 1 is 0.929 bits per heavy atom. The van der Waals surface area contributed by atoms with Crippen molar-refractivity contribution in [3.05, 3.63) is 71.1 Å². The summed E-state index contributed by atoms with van der Waals surface area (Å²) >= 11 is 1.83. The van der Waals surface area contributed by atoms with Crippen LogP contribution in [0.25, 0.3) is 10.1 Å². The van der Waals surface area contributed by atoms with Crippen LogP contribution in [0.5, 0.6) is 0 Å². The first-order chi connectivity index (χ1) is 13.8. The fourth-order valence-electron chi connectivity index (χ4n) is 3.76. The van der Waals surface area contributed by atoms with E-state index in [-0.39, 0.29) is 0 Å². The maximum atomic E-state index is 10.3. The van der Waals surface area contributed by atoms with Crippen LogP contribution in [0.2, 0.25) is 0 Å². The minimum absolute atomic E-state index is 0.385. The highest BCUT2D eigenvalue weighted by molar-refractivity contribution is 7.17. The van der Waals surface area contributed by atoms with E-state index >= 15 is 0 Å². The van der Waals surface area contributed by atoms with Crippen LogP contribution < -0.4 is 0 Å². The molecule has 0 amide bonds. The summed E-state index contributed by atoms with van der Waals surface area (Å²) in [6.07, 6.45) is -0.434. The molecule has 0 radical (unpaired) electrons. The summed E-state index contributed by atoms with van der Waals surface area (Å²) in [4.78, 5) is 4.86. The quantitative estimate of drug-likeness (QED) is 0.631. The van der Waals surface area contributed by atoms with Gasteiger partial charge in [0.25, 0.3) is 0 Å². The van der Waals surface area contributed by atoms with Crippen molar-refractivity contribution in [2.45, 2.75) is 19.3 Å². The molecule has 0 aliphatic carbocycles. The van der Waals surface area contributed by atoms with Crippen molar-refractivity contribution in [3.8, 4) is 0 Å². The van der Waals surface area contributed by atoms with E-state index in [1.165, 1.54) is 15.6 Å². The fraction of sp³-hybridized carbons (Fsp3) is 0.391. The summed E-state index contributed by atoms with van der Waals surface area (Å²) in [7, 11) is 0. The zero-order valence-corrected chi connectivity index (χ0v) is 17.0. The molecule has 148 valence electrons. The molecule has 2 aromatic carbocycles. The van der Waals surface area contributed by atoms with Gasteiger partial charge >= 0.3 is 0 Å².